The highest BCUT2D eigenvalue weighted by Gasteiger charge is 2.23. The molecular formula is C8H14N2O. The summed E-state index contributed by atoms with van der Waals surface area (Å²) < 4.78 is 0. The summed E-state index contributed by atoms with van der Waals surface area (Å²) in [7, 11) is 0. The maximum absolute atomic E-state index is 8.70. The van der Waals surface area contributed by atoms with Gasteiger partial charge in [-0.2, -0.15) is 0 Å². The van der Waals surface area contributed by atoms with E-state index in [4.69, 9.17) is 16.6 Å². The summed E-state index contributed by atoms with van der Waals surface area (Å²) in [6.45, 7) is 0.105. The van der Waals surface area contributed by atoms with Gasteiger partial charge in [0.2, 0.25) is 0 Å². The molecular weight excluding hydrogens is 140 g/mol. The van der Waals surface area contributed by atoms with Gasteiger partial charge in [0.25, 0.3) is 0 Å². The van der Waals surface area contributed by atoms with Crippen LogP contribution in [0.5, 0.6) is 0 Å². The lowest BCUT2D eigenvalue weighted by molar-refractivity contribution is 0.255. The molecule has 1 unspecified atom stereocenters. The zero-order chi connectivity index (χ0) is 8.32. The Morgan fingerprint density at radius 2 is 2.36 bits per heavy atom. The maximum Gasteiger partial charge on any atom is 0.0451 e. The van der Waals surface area contributed by atoms with E-state index in [0.29, 0.717) is 12.8 Å². The summed E-state index contributed by atoms with van der Waals surface area (Å²) in [5.74, 6) is 0. The topological polar surface area (TPSA) is 72.3 Å². The van der Waals surface area contributed by atoms with Crippen molar-refractivity contribution in [1.29, 1.82) is 0 Å². The summed E-state index contributed by atoms with van der Waals surface area (Å²) >= 11 is 0. The third kappa shape index (κ3) is 2.06. The summed E-state index contributed by atoms with van der Waals surface area (Å²) in [6.07, 6.45) is 6.78. The Bertz CT molecular complexity index is 198. The lowest BCUT2D eigenvalue weighted by Gasteiger charge is -2.27. The summed E-state index contributed by atoms with van der Waals surface area (Å²) in [5, 5.41) is 8.70. The Kier molecular flexibility index (Phi) is 2.31. The molecule has 0 saturated carbocycles. The molecule has 0 amide bonds. The van der Waals surface area contributed by atoms with E-state index in [1.165, 1.54) is 0 Å². The van der Waals surface area contributed by atoms with Crippen LogP contribution in [0.15, 0.2) is 23.9 Å². The molecule has 5 N–H and O–H groups in total. The molecule has 0 saturated heterocycles. The van der Waals surface area contributed by atoms with Crippen LogP contribution in [0.2, 0.25) is 0 Å². The number of rotatable bonds is 2. The van der Waals surface area contributed by atoms with Gasteiger partial charge in [0.15, 0.2) is 0 Å². The smallest absolute Gasteiger partial charge is 0.0451 e. The minimum atomic E-state index is -0.423. The molecule has 3 nitrogen and oxygen atoms in total. The van der Waals surface area contributed by atoms with Gasteiger partial charge in [-0.3, -0.25) is 0 Å². The molecule has 0 aromatic carbocycles. The molecule has 0 aromatic rings. The molecule has 11 heavy (non-hydrogen) atoms. The normalized spacial score (nSPS) is 30.2. The van der Waals surface area contributed by atoms with Gasteiger partial charge >= 0.3 is 0 Å². The molecule has 3 heteroatoms. The van der Waals surface area contributed by atoms with Crippen molar-refractivity contribution in [2.75, 3.05) is 6.61 Å². The molecule has 1 aliphatic carbocycles. The predicted octanol–water partition coefficient (Wildman–Crippen LogP) is -0.131. The van der Waals surface area contributed by atoms with E-state index >= 15 is 0 Å². The zero-order valence-electron chi connectivity index (χ0n) is 6.46. The Morgan fingerprint density at radius 1 is 1.64 bits per heavy atom. The van der Waals surface area contributed by atoms with Crippen molar-refractivity contribution in [3.63, 3.8) is 0 Å². The molecule has 62 valence electrons. The lowest BCUT2D eigenvalue weighted by Crippen LogP contribution is -2.40. The number of hydrogen-bond donors (Lipinski definition) is 3. The molecule has 0 bridgehead atoms. The molecule has 0 radical (unpaired) electrons. The number of hydrogen-bond acceptors (Lipinski definition) is 3. The Labute approximate surface area is 66.4 Å². The summed E-state index contributed by atoms with van der Waals surface area (Å²) in [5.41, 5.74) is 11.8. The van der Waals surface area contributed by atoms with E-state index in [9.17, 15) is 0 Å². The first-order chi connectivity index (χ1) is 5.16. The van der Waals surface area contributed by atoms with Crippen molar-refractivity contribution < 1.29 is 5.11 Å². The molecule has 0 fully saturated rings. The Morgan fingerprint density at radius 3 is 2.91 bits per heavy atom. The standard InChI is InChI=1S/C8H14N2O/c9-7-2-1-3-8(10,6-7)4-5-11/h1-3,11H,4-6,9-10H2. The van der Waals surface area contributed by atoms with Gasteiger partial charge in [0, 0.05) is 24.3 Å². The van der Waals surface area contributed by atoms with Gasteiger partial charge in [-0.05, 0) is 12.5 Å². The maximum atomic E-state index is 8.70. The van der Waals surface area contributed by atoms with Crippen LogP contribution in [0.1, 0.15) is 12.8 Å². The van der Waals surface area contributed by atoms with Crippen LogP contribution in [0.25, 0.3) is 0 Å². The van der Waals surface area contributed by atoms with Crippen LogP contribution >= 0.6 is 0 Å². The van der Waals surface area contributed by atoms with E-state index in [2.05, 4.69) is 0 Å². The van der Waals surface area contributed by atoms with Crippen LogP contribution in [0.3, 0.4) is 0 Å². The second-order valence-corrected chi connectivity index (χ2v) is 2.98. The van der Waals surface area contributed by atoms with Gasteiger partial charge < -0.3 is 16.6 Å². The van der Waals surface area contributed by atoms with E-state index in [0.717, 1.165) is 5.70 Å². The highest BCUT2D eigenvalue weighted by Crippen LogP contribution is 2.20. The van der Waals surface area contributed by atoms with Crippen molar-refractivity contribution in [2.45, 2.75) is 18.4 Å². The van der Waals surface area contributed by atoms with E-state index in [-0.39, 0.29) is 6.61 Å². The molecule has 0 spiro atoms. The quantitative estimate of drug-likeness (QED) is 0.518. The number of aliphatic hydroxyl groups is 1. The van der Waals surface area contributed by atoms with Gasteiger partial charge in [-0.1, -0.05) is 12.2 Å². The number of nitrogens with two attached hydrogens (primary N) is 2. The fraction of sp³-hybridized carbons (Fsp3) is 0.500. The van der Waals surface area contributed by atoms with Crippen LogP contribution in [-0.2, 0) is 0 Å². The summed E-state index contributed by atoms with van der Waals surface area (Å²) in [4.78, 5) is 0. The highest BCUT2D eigenvalue weighted by atomic mass is 16.3. The monoisotopic (exact) mass is 154 g/mol. The highest BCUT2D eigenvalue weighted by molar-refractivity contribution is 5.24. The average Bonchev–Trinajstić information content (AvgIpc) is 1.86. The zero-order valence-corrected chi connectivity index (χ0v) is 6.46. The first kappa shape index (κ1) is 8.30. The van der Waals surface area contributed by atoms with Crippen LogP contribution in [-0.4, -0.2) is 17.3 Å². The molecule has 1 aliphatic rings. The predicted molar refractivity (Wildman–Crippen MR) is 44.6 cm³/mol. The van der Waals surface area contributed by atoms with Gasteiger partial charge in [0.1, 0.15) is 0 Å². The molecule has 0 aromatic heterocycles. The fourth-order valence-corrected chi connectivity index (χ4v) is 1.24. The van der Waals surface area contributed by atoms with Crippen LogP contribution < -0.4 is 11.5 Å². The summed E-state index contributed by atoms with van der Waals surface area (Å²) in [6, 6.07) is 0. The third-order valence-electron chi connectivity index (χ3n) is 1.85. The molecule has 1 atom stereocenters. The molecule has 1 rings (SSSR count). The lowest BCUT2D eigenvalue weighted by atomic mass is 9.88. The van der Waals surface area contributed by atoms with Crippen molar-refractivity contribution >= 4 is 0 Å². The average molecular weight is 154 g/mol. The van der Waals surface area contributed by atoms with Gasteiger partial charge in [0.05, 0.1) is 0 Å². The first-order valence-electron chi connectivity index (χ1n) is 3.70. The van der Waals surface area contributed by atoms with Crippen molar-refractivity contribution in [3.05, 3.63) is 23.9 Å². The second kappa shape index (κ2) is 3.07. The first-order valence-corrected chi connectivity index (χ1v) is 3.70. The number of aliphatic hydroxyl groups excluding tert-OH is 1. The van der Waals surface area contributed by atoms with E-state index < -0.39 is 5.54 Å². The van der Waals surface area contributed by atoms with Gasteiger partial charge in [-0.25, -0.2) is 0 Å². The molecule has 0 heterocycles. The second-order valence-electron chi connectivity index (χ2n) is 2.98. The number of allylic oxidation sites excluding steroid dienone is 2. The van der Waals surface area contributed by atoms with Crippen molar-refractivity contribution in [2.24, 2.45) is 11.5 Å². The van der Waals surface area contributed by atoms with E-state index in [1.807, 2.05) is 18.2 Å². The largest absolute Gasteiger partial charge is 0.402 e. The molecule has 0 aliphatic heterocycles. The minimum absolute atomic E-state index is 0.105. The van der Waals surface area contributed by atoms with Crippen LogP contribution in [0, 0.1) is 0 Å². The third-order valence-corrected chi connectivity index (χ3v) is 1.85. The minimum Gasteiger partial charge on any atom is -0.402 e. The Balaban J connectivity index is 2.62. The van der Waals surface area contributed by atoms with Crippen molar-refractivity contribution in [3.8, 4) is 0 Å². The SMILES string of the molecule is NC1=CC=CC(N)(CCO)C1. The fourth-order valence-electron chi connectivity index (χ4n) is 1.24. The van der Waals surface area contributed by atoms with E-state index in [1.54, 1.807) is 0 Å². The van der Waals surface area contributed by atoms with Gasteiger partial charge in [-0.15, -0.1) is 0 Å². The van der Waals surface area contributed by atoms with Crippen LogP contribution in [0.4, 0.5) is 0 Å². The van der Waals surface area contributed by atoms with Crippen molar-refractivity contribution in [1.82, 2.24) is 0 Å². The Hall–Kier alpha value is -0.800.